The fourth-order valence-electron chi connectivity index (χ4n) is 2.32. The molecule has 0 heterocycles. The average Bonchev–Trinajstić information content (AvgIpc) is 2.53. The minimum Gasteiger partial charge on any atom is -0.381 e. The van der Waals surface area contributed by atoms with Gasteiger partial charge in [0, 0.05) is 13.1 Å². The number of rotatable bonds is 8. The Labute approximate surface area is 151 Å². The van der Waals surface area contributed by atoms with Gasteiger partial charge in [-0.25, -0.2) is 4.21 Å². The van der Waals surface area contributed by atoms with Crippen molar-refractivity contribution in [2.24, 2.45) is 0 Å². The third-order valence-corrected chi connectivity index (χ3v) is 4.94. The summed E-state index contributed by atoms with van der Waals surface area (Å²) in [5, 5.41) is 5.71. The van der Waals surface area contributed by atoms with Crippen LogP contribution < -0.4 is 15.4 Å². The highest BCUT2D eigenvalue weighted by atomic mass is 32.2. The second-order valence-corrected chi connectivity index (χ2v) is 6.87. The van der Waals surface area contributed by atoms with Crippen LogP contribution in [0.3, 0.4) is 0 Å². The summed E-state index contributed by atoms with van der Waals surface area (Å²) in [6.07, 6.45) is 0.700. The van der Waals surface area contributed by atoms with Gasteiger partial charge in [0.05, 0.1) is 6.42 Å². The molecule has 3 unspecified atom stereocenters. The van der Waals surface area contributed by atoms with Gasteiger partial charge in [-0.15, -0.1) is 0 Å². The van der Waals surface area contributed by atoms with Crippen LogP contribution in [-0.4, -0.2) is 32.7 Å². The Kier molecular flexibility index (Phi) is 7.95. The molecule has 24 heavy (non-hydrogen) atoms. The van der Waals surface area contributed by atoms with Crippen molar-refractivity contribution in [3.8, 4) is 0 Å². The summed E-state index contributed by atoms with van der Waals surface area (Å²) in [7, 11) is 1.62. The van der Waals surface area contributed by atoms with Gasteiger partial charge in [0.15, 0.2) is 0 Å². The van der Waals surface area contributed by atoms with E-state index in [0.717, 1.165) is 12.0 Å². The van der Waals surface area contributed by atoms with Crippen molar-refractivity contribution < 1.29 is 13.6 Å². The number of amides is 1. The molecule has 0 bridgehead atoms. The van der Waals surface area contributed by atoms with E-state index in [-0.39, 0.29) is 23.4 Å². The second kappa shape index (κ2) is 9.22. The smallest absolute Gasteiger partial charge is 0.232 e. The Balaban J connectivity index is 3.30. The van der Waals surface area contributed by atoms with E-state index in [1.165, 1.54) is 0 Å². The summed E-state index contributed by atoms with van der Waals surface area (Å²) >= 11 is 3.03. The first-order valence-electron chi connectivity index (χ1n) is 7.72. The van der Waals surface area contributed by atoms with E-state index in [0.29, 0.717) is 5.56 Å². The maximum atomic E-state index is 12.5. The fraction of sp³-hybridized carbons (Fsp3) is 0.500. The zero-order valence-electron chi connectivity index (χ0n) is 14.4. The first-order chi connectivity index (χ1) is 11.2. The molecule has 0 aliphatic carbocycles. The summed E-state index contributed by atoms with van der Waals surface area (Å²) < 4.78 is 23.5. The lowest BCUT2D eigenvalue weighted by Gasteiger charge is -2.34. The van der Waals surface area contributed by atoms with Gasteiger partial charge in [0.1, 0.15) is 10.5 Å². The molecule has 0 aromatic heterocycles. The summed E-state index contributed by atoms with van der Waals surface area (Å²) in [5.74, 6) is -0.250. The summed E-state index contributed by atoms with van der Waals surface area (Å²) in [5.41, 5.74) is 0.418. The van der Waals surface area contributed by atoms with Crippen LogP contribution in [0.1, 0.15) is 37.8 Å². The molecular weight excluding hydrogens is 346 g/mol. The van der Waals surface area contributed by atoms with Crippen molar-refractivity contribution in [1.29, 1.82) is 0 Å². The van der Waals surface area contributed by atoms with Gasteiger partial charge in [-0.1, -0.05) is 49.0 Å². The number of likely N-dealkylation sites (N-methyl/N-ethyl adjacent to an activating group) is 1. The molecule has 0 saturated carbocycles. The highest BCUT2D eigenvalue weighted by Gasteiger charge is 2.40. The molecule has 8 heteroatoms. The molecule has 4 N–H and O–H groups in total. The summed E-state index contributed by atoms with van der Waals surface area (Å²) in [6, 6.07) is 7.36. The molecule has 3 atom stereocenters. The molecule has 6 nitrogen and oxygen atoms in total. The number of aryl methyl sites for hydroxylation is 1. The third kappa shape index (κ3) is 5.34. The maximum Gasteiger partial charge on any atom is 0.232 e. The largest absolute Gasteiger partial charge is 0.381 e. The minimum absolute atomic E-state index is 0.0102. The van der Waals surface area contributed by atoms with Crippen LogP contribution in [0.15, 0.2) is 24.3 Å². The Morgan fingerprint density at radius 2 is 1.96 bits per heavy atom. The van der Waals surface area contributed by atoms with Gasteiger partial charge in [-0.2, -0.15) is 4.72 Å². The molecule has 0 aliphatic heterocycles. The molecule has 0 radical (unpaired) electrons. The summed E-state index contributed by atoms with van der Waals surface area (Å²) in [6.45, 7) is 5.81. The lowest BCUT2D eigenvalue weighted by atomic mass is 9.86. The van der Waals surface area contributed by atoms with Crippen molar-refractivity contribution in [1.82, 2.24) is 15.4 Å². The van der Waals surface area contributed by atoms with Gasteiger partial charge in [-0.05, 0) is 25.8 Å². The van der Waals surface area contributed by atoms with Gasteiger partial charge in [-0.3, -0.25) is 9.35 Å². The number of thiocarbonyl (C=S) groups is 1. The highest BCUT2D eigenvalue weighted by Crippen LogP contribution is 2.28. The fourth-order valence-corrected chi connectivity index (χ4v) is 3.22. The lowest BCUT2D eigenvalue weighted by molar-refractivity contribution is -0.122. The Bertz CT molecular complexity index is 607. The van der Waals surface area contributed by atoms with Crippen molar-refractivity contribution in [2.75, 3.05) is 7.05 Å². The number of nitrogens with one attached hydrogen (secondary N) is 3. The van der Waals surface area contributed by atoms with E-state index in [4.69, 9.17) is 12.2 Å². The Morgan fingerprint density at radius 1 is 1.38 bits per heavy atom. The summed E-state index contributed by atoms with van der Waals surface area (Å²) in [4.78, 5) is 12.7. The normalized spacial score (nSPS) is 15.9. The molecular formula is C16H25N3O3S2. The Hall–Kier alpha value is -1.35. The van der Waals surface area contributed by atoms with E-state index < -0.39 is 16.8 Å². The first-order valence-corrected chi connectivity index (χ1v) is 9.24. The Morgan fingerprint density at radius 3 is 2.42 bits per heavy atom. The predicted octanol–water partition coefficient (Wildman–Crippen LogP) is 1.77. The molecule has 134 valence electrons. The monoisotopic (exact) mass is 371 g/mol. The molecule has 1 amide bonds. The second-order valence-electron chi connectivity index (χ2n) is 5.76. The number of hydrogen-bond acceptors (Lipinski definition) is 3. The van der Waals surface area contributed by atoms with Gasteiger partial charge < -0.3 is 10.6 Å². The van der Waals surface area contributed by atoms with Crippen LogP contribution in [0.4, 0.5) is 0 Å². The van der Waals surface area contributed by atoms with Crippen LogP contribution in [0.25, 0.3) is 0 Å². The van der Waals surface area contributed by atoms with E-state index in [1.807, 2.05) is 32.9 Å². The quantitative estimate of drug-likeness (QED) is 0.413. The SMILES string of the molecule is CCC(C)NC(=O)CC(NS(=O)O)(C(=S)NC)c1ccc(C)cc1. The van der Waals surface area contributed by atoms with Crippen molar-refractivity contribution in [3.05, 3.63) is 35.4 Å². The molecule has 1 aromatic carbocycles. The van der Waals surface area contributed by atoms with Crippen molar-refractivity contribution in [2.45, 2.75) is 45.2 Å². The van der Waals surface area contributed by atoms with Gasteiger partial charge in [0.2, 0.25) is 17.2 Å². The average molecular weight is 372 g/mol. The first kappa shape index (κ1) is 20.7. The number of carbonyl (C=O) groups excluding carboxylic acids is 1. The van der Waals surface area contributed by atoms with Gasteiger partial charge in [0.25, 0.3) is 0 Å². The van der Waals surface area contributed by atoms with E-state index >= 15 is 0 Å². The lowest BCUT2D eigenvalue weighted by Crippen LogP contribution is -2.56. The molecule has 0 fully saturated rings. The van der Waals surface area contributed by atoms with E-state index in [9.17, 15) is 13.6 Å². The number of hydrogen-bond donors (Lipinski definition) is 4. The predicted molar refractivity (Wildman–Crippen MR) is 101 cm³/mol. The standard InChI is InChI=1S/C16H25N3O3S2/c1-5-12(3)18-14(20)10-16(15(23)17-4,19-24(21)22)13-8-6-11(2)7-9-13/h6-9,12,19H,5,10H2,1-4H3,(H,17,23)(H,18,20)(H,21,22). The van der Waals surface area contributed by atoms with Crippen molar-refractivity contribution >= 4 is 34.4 Å². The van der Waals surface area contributed by atoms with E-state index in [2.05, 4.69) is 15.4 Å². The molecule has 1 rings (SSSR count). The van der Waals surface area contributed by atoms with Crippen LogP contribution in [0.5, 0.6) is 0 Å². The minimum atomic E-state index is -2.35. The number of carbonyl (C=O) groups is 1. The maximum absolute atomic E-state index is 12.5. The van der Waals surface area contributed by atoms with Crippen LogP contribution in [-0.2, 0) is 21.6 Å². The highest BCUT2D eigenvalue weighted by molar-refractivity contribution is 7.80. The molecule has 0 saturated heterocycles. The molecule has 0 spiro atoms. The number of benzene rings is 1. The van der Waals surface area contributed by atoms with Crippen LogP contribution >= 0.6 is 12.2 Å². The zero-order chi connectivity index (χ0) is 18.3. The van der Waals surface area contributed by atoms with Gasteiger partial charge >= 0.3 is 0 Å². The van der Waals surface area contributed by atoms with Crippen LogP contribution in [0, 0.1) is 6.92 Å². The molecule has 0 aliphatic rings. The third-order valence-electron chi connectivity index (χ3n) is 3.87. The molecule has 1 aromatic rings. The van der Waals surface area contributed by atoms with Crippen molar-refractivity contribution in [3.63, 3.8) is 0 Å². The zero-order valence-corrected chi connectivity index (χ0v) is 16.0. The topological polar surface area (TPSA) is 90.5 Å². The van der Waals surface area contributed by atoms with Crippen LogP contribution in [0.2, 0.25) is 0 Å². The van der Waals surface area contributed by atoms with E-state index in [1.54, 1.807) is 19.2 Å².